The highest BCUT2D eigenvalue weighted by Gasteiger charge is 2.12. The molecule has 0 fully saturated rings. The van der Waals surface area contributed by atoms with Crippen molar-refractivity contribution in [2.45, 2.75) is 19.4 Å². The van der Waals surface area contributed by atoms with Crippen LogP contribution in [0, 0.1) is 0 Å². The molecule has 0 atom stereocenters. The van der Waals surface area contributed by atoms with Crippen molar-refractivity contribution in [3.05, 3.63) is 60.1 Å². The van der Waals surface area contributed by atoms with Gasteiger partial charge in [-0.3, -0.25) is 14.0 Å². The summed E-state index contributed by atoms with van der Waals surface area (Å²) >= 11 is 6.29. The highest BCUT2D eigenvalue weighted by Crippen LogP contribution is 2.26. The number of aryl methyl sites for hydroxylation is 1. The average molecular weight is 381 g/mol. The van der Waals surface area contributed by atoms with Gasteiger partial charge in [-0.05, 0) is 18.6 Å². The molecule has 1 amide bonds. The lowest BCUT2D eigenvalue weighted by molar-refractivity contribution is -0.118. The standard InChI is InChI=1S/C19H17ClN6O/c20-15-4-1-3-13-6-7-16(24-18(13)15)19-22-8-10-26(19)14-11-23-25(12-14)9-2-5-17(21)27/h1,3-4,6-8,10-12H,2,5,9H2,(H2,21,27). The normalized spacial score (nSPS) is 11.1. The minimum absolute atomic E-state index is 0.305. The first-order chi connectivity index (χ1) is 13.1. The van der Waals surface area contributed by atoms with E-state index in [1.54, 1.807) is 17.1 Å². The maximum atomic E-state index is 10.9. The Kier molecular flexibility index (Phi) is 4.60. The summed E-state index contributed by atoms with van der Waals surface area (Å²) in [5.74, 6) is 0.397. The van der Waals surface area contributed by atoms with Crippen molar-refractivity contribution in [3.63, 3.8) is 0 Å². The van der Waals surface area contributed by atoms with E-state index < -0.39 is 0 Å². The van der Waals surface area contributed by atoms with Crippen LogP contribution in [0.5, 0.6) is 0 Å². The van der Waals surface area contributed by atoms with Gasteiger partial charge in [-0.2, -0.15) is 5.10 Å². The topological polar surface area (TPSA) is 91.6 Å². The summed E-state index contributed by atoms with van der Waals surface area (Å²) in [4.78, 5) is 20.0. The minimum Gasteiger partial charge on any atom is -0.370 e. The van der Waals surface area contributed by atoms with E-state index in [-0.39, 0.29) is 5.91 Å². The Balaban J connectivity index is 1.65. The van der Waals surface area contributed by atoms with Gasteiger partial charge >= 0.3 is 0 Å². The van der Waals surface area contributed by atoms with E-state index in [4.69, 9.17) is 17.3 Å². The van der Waals surface area contributed by atoms with Crippen LogP contribution < -0.4 is 5.73 Å². The average Bonchev–Trinajstić information content (AvgIpc) is 3.30. The number of hydrogen-bond acceptors (Lipinski definition) is 4. The van der Waals surface area contributed by atoms with Crippen molar-refractivity contribution in [3.8, 4) is 17.2 Å². The molecule has 0 aliphatic rings. The van der Waals surface area contributed by atoms with Gasteiger partial charge in [0, 0.05) is 36.9 Å². The van der Waals surface area contributed by atoms with E-state index in [1.165, 1.54) is 0 Å². The number of nitrogens with zero attached hydrogens (tertiary/aromatic N) is 5. The summed E-state index contributed by atoms with van der Waals surface area (Å²) in [6, 6.07) is 9.61. The number of hydrogen-bond donors (Lipinski definition) is 1. The van der Waals surface area contributed by atoms with E-state index in [2.05, 4.69) is 15.1 Å². The van der Waals surface area contributed by atoms with Gasteiger partial charge in [0.25, 0.3) is 0 Å². The molecule has 3 aromatic heterocycles. The fourth-order valence-electron chi connectivity index (χ4n) is 2.95. The predicted octanol–water partition coefficient (Wildman–Crippen LogP) is 3.20. The molecule has 4 rings (SSSR count). The Labute approximate surface area is 160 Å². The fourth-order valence-corrected chi connectivity index (χ4v) is 3.18. The van der Waals surface area contributed by atoms with Gasteiger partial charge in [0.15, 0.2) is 5.82 Å². The SMILES string of the molecule is NC(=O)CCCn1cc(-n2ccnc2-c2ccc3cccc(Cl)c3n2)cn1. The molecule has 2 N–H and O–H groups in total. The number of para-hydroxylation sites is 1. The third-order valence-corrected chi connectivity index (χ3v) is 4.55. The molecule has 0 spiro atoms. The van der Waals surface area contributed by atoms with Crippen molar-refractivity contribution >= 4 is 28.4 Å². The number of fused-ring (bicyclic) bond motifs is 1. The summed E-state index contributed by atoms with van der Waals surface area (Å²) < 4.78 is 3.70. The number of amides is 1. The zero-order chi connectivity index (χ0) is 18.8. The van der Waals surface area contributed by atoms with Crippen LogP contribution in [0.4, 0.5) is 0 Å². The number of benzene rings is 1. The molecule has 0 saturated heterocycles. The lowest BCUT2D eigenvalue weighted by Crippen LogP contribution is -2.11. The van der Waals surface area contributed by atoms with E-state index in [9.17, 15) is 4.79 Å². The second-order valence-electron chi connectivity index (χ2n) is 6.16. The fraction of sp³-hybridized carbons (Fsp3) is 0.158. The molecule has 4 aromatic rings. The molecule has 1 aromatic carbocycles. The molecule has 0 aliphatic heterocycles. The van der Waals surface area contributed by atoms with Crippen LogP contribution in [0.25, 0.3) is 28.1 Å². The first-order valence-electron chi connectivity index (χ1n) is 8.52. The number of nitrogens with two attached hydrogens (primary N) is 1. The molecular weight excluding hydrogens is 364 g/mol. The van der Waals surface area contributed by atoms with E-state index in [0.29, 0.717) is 30.2 Å². The smallest absolute Gasteiger partial charge is 0.217 e. The van der Waals surface area contributed by atoms with Gasteiger partial charge in [0.2, 0.25) is 5.91 Å². The first kappa shape index (κ1) is 17.2. The quantitative estimate of drug-likeness (QED) is 0.556. The highest BCUT2D eigenvalue weighted by atomic mass is 35.5. The van der Waals surface area contributed by atoms with Crippen molar-refractivity contribution in [2.75, 3.05) is 0 Å². The molecule has 3 heterocycles. The second kappa shape index (κ2) is 7.20. The summed E-state index contributed by atoms with van der Waals surface area (Å²) in [6.07, 6.45) is 8.23. The molecule has 7 nitrogen and oxygen atoms in total. The number of carbonyl (C=O) groups is 1. The van der Waals surface area contributed by atoms with Gasteiger partial charge in [-0.25, -0.2) is 9.97 Å². The number of halogens is 1. The monoisotopic (exact) mass is 380 g/mol. The van der Waals surface area contributed by atoms with Crippen LogP contribution in [-0.2, 0) is 11.3 Å². The Bertz CT molecular complexity index is 1120. The zero-order valence-corrected chi connectivity index (χ0v) is 15.2. The first-order valence-corrected chi connectivity index (χ1v) is 8.90. The van der Waals surface area contributed by atoms with E-state index >= 15 is 0 Å². The summed E-state index contributed by atoms with van der Waals surface area (Å²) in [5.41, 5.74) is 7.51. The van der Waals surface area contributed by atoms with E-state index in [0.717, 1.165) is 22.3 Å². The minimum atomic E-state index is -0.305. The van der Waals surface area contributed by atoms with Crippen molar-refractivity contribution in [2.24, 2.45) is 5.73 Å². The lowest BCUT2D eigenvalue weighted by Gasteiger charge is -2.07. The number of rotatable bonds is 6. The molecule has 0 aliphatic carbocycles. The molecule has 0 unspecified atom stereocenters. The zero-order valence-electron chi connectivity index (χ0n) is 14.4. The maximum Gasteiger partial charge on any atom is 0.217 e. The summed E-state index contributed by atoms with van der Waals surface area (Å²) in [5, 5.41) is 5.93. The number of carbonyl (C=O) groups excluding carboxylic acids is 1. The van der Waals surface area contributed by atoms with Crippen molar-refractivity contribution < 1.29 is 4.79 Å². The third-order valence-electron chi connectivity index (χ3n) is 4.25. The largest absolute Gasteiger partial charge is 0.370 e. The lowest BCUT2D eigenvalue weighted by atomic mass is 10.2. The Morgan fingerprint density at radius 2 is 2.11 bits per heavy atom. The number of primary amides is 1. The van der Waals surface area contributed by atoms with E-state index in [1.807, 2.05) is 47.3 Å². The molecular formula is C19H17ClN6O. The summed E-state index contributed by atoms with van der Waals surface area (Å²) in [7, 11) is 0. The van der Waals surface area contributed by atoms with Crippen LogP contribution in [0.1, 0.15) is 12.8 Å². The van der Waals surface area contributed by atoms with Crippen LogP contribution in [0.15, 0.2) is 55.1 Å². The Morgan fingerprint density at radius 1 is 1.22 bits per heavy atom. The molecule has 0 bridgehead atoms. The van der Waals surface area contributed by atoms with Gasteiger partial charge in [-0.15, -0.1) is 0 Å². The number of pyridine rings is 1. The predicted molar refractivity (Wildman–Crippen MR) is 104 cm³/mol. The Morgan fingerprint density at radius 3 is 2.96 bits per heavy atom. The summed E-state index contributed by atoms with van der Waals surface area (Å²) in [6.45, 7) is 0.622. The van der Waals surface area contributed by atoms with Gasteiger partial charge in [0.1, 0.15) is 5.69 Å². The van der Waals surface area contributed by atoms with Crippen LogP contribution in [0.2, 0.25) is 5.02 Å². The maximum absolute atomic E-state index is 10.9. The highest BCUT2D eigenvalue weighted by molar-refractivity contribution is 6.35. The van der Waals surface area contributed by atoms with Gasteiger partial charge in [0.05, 0.1) is 22.4 Å². The molecule has 0 radical (unpaired) electrons. The molecule has 8 heteroatoms. The van der Waals surface area contributed by atoms with Crippen molar-refractivity contribution in [1.29, 1.82) is 0 Å². The van der Waals surface area contributed by atoms with Gasteiger partial charge in [-0.1, -0.05) is 29.8 Å². The molecule has 0 saturated carbocycles. The number of imidazole rings is 1. The third kappa shape index (κ3) is 3.54. The van der Waals surface area contributed by atoms with Crippen LogP contribution in [0.3, 0.4) is 0 Å². The van der Waals surface area contributed by atoms with Gasteiger partial charge < -0.3 is 5.73 Å². The molecule has 136 valence electrons. The van der Waals surface area contributed by atoms with Crippen molar-refractivity contribution in [1.82, 2.24) is 24.3 Å². The van der Waals surface area contributed by atoms with Crippen LogP contribution in [-0.4, -0.2) is 30.2 Å². The van der Waals surface area contributed by atoms with Crippen LogP contribution >= 0.6 is 11.6 Å². The molecule has 27 heavy (non-hydrogen) atoms. The number of aromatic nitrogens is 5. The Hall–Kier alpha value is -3.19. The second-order valence-corrected chi connectivity index (χ2v) is 6.57.